The fourth-order valence-electron chi connectivity index (χ4n) is 1.73. The molecular formula is C14H20Cl3NO3S. The van der Waals surface area contributed by atoms with Crippen LogP contribution in [0.2, 0.25) is 0 Å². The molecule has 0 radical (unpaired) electrons. The molecule has 1 N–H and O–H groups in total. The zero-order valence-corrected chi connectivity index (χ0v) is 15.9. The van der Waals surface area contributed by atoms with E-state index in [9.17, 15) is 8.42 Å². The summed E-state index contributed by atoms with van der Waals surface area (Å²) < 4.78 is 28.8. The molecule has 0 fully saturated rings. The monoisotopic (exact) mass is 387 g/mol. The van der Waals surface area contributed by atoms with Gasteiger partial charge >= 0.3 is 10.3 Å². The normalized spacial score (nSPS) is 14.9. The largest absolute Gasteiger partial charge is 0.336 e. The third-order valence-electron chi connectivity index (χ3n) is 2.98. The van der Waals surface area contributed by atoms with Crippen LogP contribution in [0, 0.1) is 0 Å². The molecule has 1 aromatic rings. The van der Waals surface area contributed by atoms with Crippen LogP contribution in [0.15, 0.2) is 24.3 Å². The van der Waals surface area contributed by atoms with Crippen molar-refractivity contribution in [1.29, 1.82) is 0 Å². The SMILES string of the molecule is CC(NS(=O)(=O)OCC(Cl)(Cl)Cl)c1ccc(C(C)(C)C)cc1. The summed E-state index contributed by atoms with van der Waals surface area (Å²) in [7, 11) is -4.00. The first-order chi connectivity index (χ1) is 9.80. The molecular weight excluding hydrogens is 369 g/mol. The van der Waals surface area contributed by atoms with E-state index in [1.54, 1.807) is 6.92 Å². The van der Waals surface area contributed by atoms with E-state index < -0.39 is 26.7 Å². The van der Waals surface area contributed by atoms with Gasteiger partial charge in [-0.3, -0.25) is 4.18 Å². The van der Waals surface area contributed by atoms with Crippen molar-refractivity contribution < 1.29 is 12.6 Å². The Balaban J connectivity index is 2.74. The molecule has 1 rings (SSSR count). The van der Waals surface area contributed by atoms with Crippen LogP contribution in [-0.4, -0.2) is 18.8 Å². The summed E-state index contributed by atoms with van der Waals surface area (Å²) in [6, 6.07) is 7.24. The molecule has 0 bridgehead atoms. The van der Waals surface area contributed by atoms with E-state index in [4.69, 9.17) is 34.8 Å². The maximum absolute atomic E-state index is 11.8. The minimum Gasteiger partial charge on any atom is -0.254 e. The first kappa shape index (κ1) is 20.0. The van der Waals surface area contributed by atoms with Gasteiger partial charge in [0.1, 0.15) is 6.61 Å². The number of hydrogen-bond acceptors (Lipinski definition) is 3. The highest BCUT2D eigenvalue weighted by Crippen LogP contribution is 2.27. The van der Waals surface area contributed by atoms with Crippen molar-refractivity contribution in [2.24, 2.45) is 0 Å². The van der Waals surface area contributed by atoms with Gasteiger partial charge in [0.15, 0.2) is 0 Å². The number of halogens is 3. The Bertz CT molecular complexity index is 589. The van der Waals surface area contributed by atoms with Crippen molar-refractivity contribution >= 4 is 45.1 Å². The van der Waals surface area contributed by atoms with Crippen LogP contribution in [0.25, 0.3) is 0 Å². The topological polar surface area (TPSA) is 55.4 Å². The quantitative estimate of drug-likeness (QED) is 0.766. The second-order valence-corrected chi connectivity index (χ2v) is 9.94. The minimum absolute atomic E-state index is 0.0365. The van der Waals surface area contributed by atoms with Gasteiger partial charge in [0.25, 0.3) is 0 Å². The van der Waals surface area contributed by atoms with Crippen molar-refractivity contribution in [2.75, 3.05) is 6.61 Å². The average molecular weight is 389 g/mol. The van der Waals surface area contributed by atoms with E-state index in [-0.39, 0.29) is 5.41 Å². The van der Waals surface area contributed by atoms with E-state index in [0.29, 0.717) is 0 Å². The third-order valence-corrected chi connectivity index (χ3v) is 4.37. The van der Waals surface area contributed by atoms with Crippen molar-refractivity contribution in [1.82, 2.24) is 4.72 Å². The van der Waals surface area contributed by atoms with Crippen LogP contribution in [0.1, 0.15) is 44.9 Å². The maximum atomic E-state index is 11.8. The van der Waals surface area contributed by atoms with Crippen LogP contribution in [0.3, 0.4) is 0 Å². The molecule has 1 unspecified atom stereocenters. The minimum atomic E-state index is -4.00. The predicted molar refractivity (Wildman–Crippen MR) is 91.9 cm³/mol. The lowest BCUT2D eigenvalue weighted by atomic mass is 9.86. The number of benzene rings is 1. The fourth-order valence-corrected chi connectivity index (χ4v) is 3.06. The summed E-state index contributed by atoms with van der Waals surface area (Å²) in [5, 5.41) is 0. The molecule has 0 aliphatic rings. The fraction of sp³-hybridized carbons (Fsp3) is 0.571. The predicted octanol–water partition coefficient (Wildman–Crippen LogP) is 4.27. The van der Waals surface area contributed by atoms with E-state index in [1.165, 1.54) is 5.56 Å². The van der Waals surface area contributed by atoms with Gasteiger partial charge in [-0.25, -0.2) is 0 Å². The molecule has 0 heterocycles. The highest BCUT2D eigenvalue weighted by atomic mass is 35.6. The number of alkyl halides is 3. The molecule has 0 saturated carbocycles. The second kappa shape index (κ2) is 7.24. The molecule has 126 valence electrons. The summed E-state index contributed by atoms with van der Waals surface area (Å²) >= 11 is 16.4. The Hall–Kier alpha value is -0.0400. The number of nitrogens with one attached hydrogen (secondary N) is 1. The van der Waals surface area contributed by atoms with Crippen LogP contribution in [0.4, 0.5) is 0 Å². The first-order valence-electron chi connectivity index (χ1n) is 6.64. The first-order valence-corrected chi connectivity index (χ1v) is 9.18. The Kier molecular flexibility index (Phi) is 6.58. The standard InChI is InChI=1S/C14H20Cl3NO3S/c1-10(18-22(19,20)21-9-14(15,16)17)11-5-7-12(8-6-11)13(2,3)4/h5-8,10,18H,9H2,1-4H3. The van der Waals surface area contributed by atoms with Crippen molar-refractivity contribution in [3.63, 3.8) is 0 Å². The third kappa shape index (κ3) is 7.02. The molecule has 0 amide bonds. The smallest absolute Gasteiger partial charge is 0.254 e. The summed E-state index contributed by atoms with van der Waals surface area (Å²) in [6.07, 6.45) is 0. The molecule has 0 aromatic heterocycles. The molecule has 0 saturated heterocycles. The highest BCUT2D eigenvalue weighted by molar-refractivity contribution is 7.84. The van der Waals surface area contributed by atoms with Gasteiger partial charge in [0.05, 0.1) is 0 Å². The molecule has 1 aromatic carbocycles. The van der Waals surface area contributed by atoms with E-state index in [2.05, 4.69) is 29.7 Å². The Labute approximate surface area is 147 Å². The van der Waals surface area contributed by atoms with E-state index in [0.717, 1.165) is 5.56 Å². The van der Waals surface area contributed by atoms with Crippen LogP contribution in [0.5, 0.6) is 0 Å². The molecule has 0 aliphatic carbocycles. The number of hydrogen-bond donors (Lipinski definition) is 1. The lowest BCUT2D eigenvalue weighted by molar-refractivity contribution is 0.314. The van der Waals surface area contributed by atoms with Gasteiger partial charge in [-0.2, -0.15) is 13.1 Å². The summed E-state index contributed by atoms with van der Waals surface area (Å²) in [5.74, 6) is 0. The summed E-state index contributed by atoms with van der Waals surface area (Å²) in [5.41, 5.74) is 2.02. The van der Waals surface area contributed by atoms with Crippen LogP contribution in [-0.2, 0) is 19.9 Å². The van der Waals surface area contributed by atoms with Crippen molar-refractivity contribution in [3.05, 3.63) is 35.4 Å². The Morgan fingerprint density at radius 3 is 2.05 bits per heavy atom. The molecule has 4 nitrogen and oxygen atoms in total. The van der Waals surface area contributed by atoms with E-state index in [1.807, 2.05) is 24.3 Å². The van der Waals surface area contributed by atoms with Gasteiger partial charge in [0.2, 0.25) is 3.79 Å². The Morgan fingerprint density at radius 1 is 1.14 bits per heavy atom. The van der Waals surface area contributed by atoms with Gasteiger partial charge in [-0.05, 0) is 23.5 Å². The lowest BCUT2D eigenvalue weighted by Gasteiger charge is -2.21. The van der Waals surface area contributed by atoms with Gasteiger partial charge in [-0.15, -0.1) is 0 Å². The lowest BCUT2D eigenvalue weighted by Crippen LogP contribution is -2.31. The van der Waals surface area contributed by atoms with Gasteiger partial charge in [0, 0.05) is 6.04 Å². The zero-order chi connectivity index (χ0) is 17.2. The Morgan fingerprint density at radius 2 is 1.64 bits per heavy atom. The molecule has 1 atom stereocenters. The molecule has 0 spiro atoms. The van der Waals surface area contributed by atoms with Crippen molar-refractivity contribution in [3.8, 4) is 0 Å². The molecule has 8 heteroatoms. The zero-order valence-electron chi connectivity index (χ0n) is 12.9. The second-order valence-electron chi connectivity index (χ2n) is 6.04. The van der Waals surface area contributed by atoms with Crippen LogP contribution >= 0.6 is 34.8 Å². The van der Waals surface area contributed by atoms with Crippen LogP contribution < -0.4 is 4.72 Å². The van der Waals surface area contributed by atoms with Gasteiger partial charge < -0.3 is 0 Å². The highest BCUT2D eigenvalue weighted by Gasteiger charge is 2.25. The number of rotatable bonds is 5. The van der Waals surface area contributed by atoms with Gasteiger partial charge in [-0.1, -0.05) is 79.8 Å². The average Bonchev–Trinajstić information content (AvgIpc) is 2.34. The molecule has 22 heavy (non-hydrogen) atoms. The maximum Gasteiger partial charge on any atom is 0.336 e. The summed E-state index contributed by atoms with van der Waals surface area (Å²) in [4.78, 5) is 0. The summed E-state index contributed by atoms with van der Waals surface area (Å²) in [6.45, 7) is 7.49. The van der Waals surface area contributed by atoms with E-state index >= 15 is 0 Å². The molecule has 0 aliphatic heterocycles. The van der Waals surface area contributed by atoms with Crippen molar-refractivity contribution in [2.45, 2.75) is 42.9 Å².